The molecule has 9 heteroatoms. The maximum Gasteiger partial charge on any atom is 0.325 e. The second kappa shape index (κ2) is 7.74. The zero-order valence-corrected chi connectivity index (χ0v) is 16.6. The van der Waals surface area contributed by atoms with Crippen molar-refractivity contribution < 1.29 is 14.4 Å². The third kappa shape index (κ3) is 3.72. The zero-order valence-electron chi connectivity index (χ0n) is 16.6. The van der Waals surface area contributed by atoms with Crippen molar-refractivity contribution in [3.8, 4) is 0 Å². The minimum atomic E-state index is -0.497. The maximum absolute atomic E-state index is 12.6. The molecule has 150 valence electrons. The van der Waals surface area contributed by atoms with Crippen molar-refractivity contribution in [3.05, 3.63) is 0 Å². The summed E-state index contributed by atoms with van der Waals surface area (Å²) in [6.45, 7) is 9.55. The molecule has 1 N–H and O–H groups in total. The molecule has 0 aromatic rings. The zero-order chi connectivity index (χ0) is 19.7. The number of urea groups is 1. The fourth-order valence-electron chi connectivity index (χ4n) is 3.79. The van der Waals surface area contributed by atoms with Gasteiger partial charge in [-0.15, -0.1) is 0 Å². The summed E-state index contributed by atoms with van der Waals surface area (Å²) in [7, 11) is 1.67. The number of amides is 4. The van der Waals surface area contributed by atoms with Gasteiger partial charge in [0.1, 0.15) is 0 Å². The quantitative estimate of drug-likeness (QED) is 0.751. The molecule has 27 heavy (non-hydrogen) atoms. The molecule has 0 aromatic carbocycles. The standard InChI is InChI=1S/C18H30N6O3/c1-5-13(25)22-8-10-23(11-9-22)17-19-15-14(24(17)7-6-12(2)3)16(26)20-18(27)21(15)4/h12,14-15H,5-11H2,1-4H3,(H,20,26,27). The number of rotatable bonds is 4. The van der Waals surface area contributed by atoms with Crippen molar-refractivity contribution in [2.75, 3.05) is 39.8 Å². The van der Waals surface area contributed by atoms with Crippen molar-refractivity contribution in [2.45, 2.75) is 45.8 Å². The van der Waals surface area contributed by atoms with E-state index in [2.05, 4.69) is 24.1 Å². The van der Waals surface area contributed by atoms with Gasteiger partial charge in [-0.1, -0.05) is 20.8 Å². The number of imide groups is 1. The summed E-state index contributed by atoms with van der Waals surface area (Å²) in [4.78, 5) is 48.8. The number of aliphatic imine (C=N–C) groups is 1. The number of carbonyl (C=O) groups excluding carboxylic acids is 3. The van der Waals surface area contributed by atoms with Crippen LogP contribution < -0.4 is 5.32 Å². The van der Waals surface area contributed by atoms with Crippen LogP contribution in [0.2, 0.25) is 0 Å². The van der Waals surface area contributed by atoms with E-state index >= 15 is 0 Å². The lowest BCUT2D eigenvalue weighted by molar-refractivity contribution is -0.132. The van der Waals surface area contributed by atoms with Crippen LogP contribution in [0, 0.1) is 5.92 Å². The summed E-state index contributed by atoms with van der Waals surface area (Å²) in [5, 5.41) is 2.43. The number of hydrogen-bond acceptors (Lipinski definition) is 6. The Morgan fingerprint density at radius 3 is 2.48 bits per heavy atom. The number of nitrogens with zero attached hydrogens (tertiary/aromatic N) is 5. The van der Waals surface area contributed by atoms with E-state index < -0.39 is 18.2 Å². The molecule has 0 spiro atoms. The highest BCUT2D eigenvalue weighted by Crippen LogP contribution is 2.26. The van der Waals surface area contributed by atoms with E-state index in [-0.39, 0.29) is 11.8 Å². The molecule has 3 aliphatic rings. The number of carbonyl (C=O) groups is 3. The molecule has 0 radical (unpaired) electrons. The fourth-order valence-corrected chi connectivity index (χ4v) is 3.79. The first-order valence-corrected chi connectivity index (χ1v) is 9.78. The van der Waals surface area contributed by atoms with Gasteiger partial charge in [-0.25, -0.2) is 9.79 Å². The molecule has 9 nitrogen and oxygen atoms in total. The van der Waals surface area contributed by atoms with Crippen molar-refractivity contribution >= 4 is 23.8 Å². The van der Waals surface area contributed by atoms with Crippen LogP contribution in [0.25, 0.3) is 0 Å². The SMILES string of the molecule is CCC(=O)N1CCN(C2=NC3C(C(=O)NC(=O)N3C)N2CCC(C)C)CC1. The van der Waals surface area contributed by atoms with E-state index in [1.165, 1.54) is 4.90 Å². The molecule has 0 bridgehead atoms. The largest absolute Gasteiger partial charge is 0.339 e. The first-order chi connectivity index (χ1) is 12.8. The van der Waals surface area contributed by atoms with Crippen LogP contribution >= 0.6 is 0 Å². The Kier molecular flexibility index (Phi) is 5.57. The number of guanidine groups is 1. The highest BCUT2D eigenvalue weighted by Gasteiger charge is 2.49. The summed E-state index contributed by atoms with van der Waals surface area (Å²) in [5.41, 5.74) is 0. The van der Waals surface area contributed by atoms with Gasteiger partial charge >= 0.3 is 6.03 Å². The Balaban J connectivity index is 1.79. The molecular formula is C18H30N6O3. The smallest absolute Gasteiger partial charge is 0.325 e. The van der Waals surface area contributed by atoms with E-state index in [0.29, 0.717) is 45.1 Å². The Morgan fingerprint density at radius 1 is 1.22 bits per heavy atom. The predicted octanol–water partition coefficient (Wildman–Crippen LogP) is 0.135. The van der Waals surface area contributed by atoms with Gasteiger partial charge in [0.15, 0.2) is 18.2 Å². The first-order valence-electron chi connectivity index (χ1n) is 9.78. The van der Waals surface area contributed by atoms with Crippen molar-refractivity contribution in [1.82, 2.24) is 24.9 Å². The van der Waals surface area contributed by atoms with E-state index in [1.807, 2.05) is 16.7 Å². The van der Waals surface area contributed by atoms with E-state index in [1.54, 1.807) is 7.05 Å². The molecule has 3 aliphatic heterocycles. The Morgan fingerprint density at radius 2 is 1.89 bits per heavy atom. The predicted molar refractivity (Wildman–Crippen MR) is 101 cm³/mol. The maximum atomic E-state index is 12.6. The minimum absolute atomic E-state index is 0.165. The van der Waals surface area contributed by atoms with E-state index in [0.717, 1.165) is 12.4 Å². The van der Waals surface area contributed by atoms with Crippen LogP contribution in [-0.2, 0) is 9.59 Å². The summed E-state index contributed by atoms with van der Waals surface area (Å²) in [5.74, 6) is 1.14. The first kappa shape index (κ1) is 19.4. The average Bonchev–Trinajstić information content (AvgIpc) is 3.04. The van der Waals surface area contributed by atoms with E-state index in [9.17, 15) is 14.4 Å². The van der Waals surface area contributed by atoms with Gasteiger partial charge in [0.25, 0.3) is 5.91 Å². The monoisotopic (exact) mass is 378 g/mol. The molecule has 0 aromatic heterocycles. The van der Waals surface area contributed by atoms with Gasteiger partial charge in [-0.2, -0.15) is 0 Å². The lowest BCUT2D eigenvalue weighted by atomic mass is 10.1. The number of nitrogens with one attached hydrogen (secondary N) is 1. The van der Waals surface area contributed by atoms with Gasteiger partial charge in [-0.05, 0) is 12.3 Å². The van der Waals surface area contributed by atoms with Gasteiger partial charge in [0.2, 0.25) is 5.91 Å². The molecule has 2 unspecified atom stereocenters. The fraction of sp³-hybridized carbons (Fsp3) is 0.778. The molecule has 4 amide bonds. The Labute approximate surface area is 160 Å². The van der Waals surface area contributed by atoms with Crippen LogP contribution in [0.4, 0.5) is 4.79 Å². The number of hydrogen-bond donors (Lipinski definition) is 1. The van der Waals surface area contributed by atoms with Gasteiger partial charge in [0.05, 0.1) is 0 Å². The highest BCUT2D eigenvalue weighted by atomic mass is 16.2. The summed E-state index contributed by atoms with van der Waals surface area (Å²) >= 11 is 0. The summed E-state index contributed by atoms with van der Waals surface area (Å²) in [6.07, 6.45) is 0.948. The van der Waals surface area contributed by atoms with Gasteiger partial charge in [0, 0.05) is 46.2 Å². The topological polar surface area (TPSA) is 88.6 Å². The van der Waals surface area contributed by atoms with Crippen LogP contribution in [0.3, 0.4) is 0 Å². The molecular weight excluding hydrogens is 348 g/mol. The van der Waals surface area contributed by atoms with Crippen LogP contribution in [0.15, 0.2) is 4.99 Å². The summed E-state index contributed by atoms with van der Waals surface area (Å²) in [6, 6.07) is -0.898. The Bertz CT molecular complexity index is 641. The van der Waals surface area contributed by atoms with Gasteiger partial charge in [-0.3, -0.25) is 14.9 Å². The van der Waals surface area contributed by atoms with Crippen LogP contribution in [0.5, 0.6) is 0 Å². The number of likely N-dealkylation sites (N-methyl/N-ethyl adjacent to an activating group) is 1. The molecule has 2 saturated heterocycles. The van der Waals surface area contributed by atoms with Gasteiger partial charge < -0.3 is 19.6 Å². The van der Waals surface area contributed by atoms with Crippen molar-refractivity contribution in [1.29, 1.82) is 0 Å². The second-order valence-electron chi connectivity index (χ2n) is 7.79. The third-order valence-corrected chi connectivity index (χ3v) is 5.50. The summed E-state index contributed by atoms with van der Waals surface area (Å²) < 4.78 is 0. The van der Waals surface area contributed by atoms with E-state index in [4.69, 9.17) is 4.99 Å². The second-order valence-corrected chi connectivity index (χ2v) is 7.79. The average molecular weight is 378 g/mol. The third-order valence-electron chi connectivity index (χ3n) is 5.50. The molecule has 3 rings (SSSR count). The molecule has 0 saturated carbocycles. The highest BCUT2D eigenvalue weighted by molar-refractivity contribution is 6.03. The molecule has 2 atom stereocenters. The number of piperazine rings is 1. The number of fused-ring (bicyclic) bond motifs is 1. The van der Waals surface area contributed by atoms with Crippen LogP contribution in [-0.4, -0.2) is 95.4 Å². The normalized spacial score (nSPS) is 25.7. The Hall–Kier alpha value is -2.32. The molecule has 0 aliphatic carbocycles. The minimum Gasteiger partial charge on any atom is -0.339 e. The van der Waals surface area contributed by atoms with Crippen molar-refractivity contribution in [3.63, 3.8) is 0 Å². The lowest BCUT2D eigenvalue weighted by Gasteiger charge is -2.40. The van der Waals surface area contributed by atoms with Crippen LogP contribution in [0.1, 0.15) is 33.6 Å². The van der Waals surface area contributed by atoms with Crippen molar-refractivity contribution in [2.24, 2.45) is 10.9 Å². The lowest BCUT2D eigenvalue weighted by Crippen LogP contribution is -2.64. The molecule has 3 heterocycles. The molecule has 2 fully saturated rings.